The second-order valence-electron chi connectivity index (χ2n) is 4.80. The fourth-order valence-corrected chi connectivity index (χ4v) is 2.21. The van der Waals surface area contributed by atoms with Gasteiger partial charge in [-0.3, -0.25) is 4.68 Å². The number of aryl methyl sites for hydroxylation is 3. The average molecular weight is 243 g/mol. The summed E-state index contributed by atoms with van der Waals surface area (Å²) in [6.45, 7) is 7.22. The topological polar surface area (TPSA) is 43.8 Å². The molecule has 0 saturated carbocycles. The molecule has 2 N–H and O–H groups in total. The maximum absolute atomic E-state index is 6.28. The Labute approximate surface area is 109 Å². The Bertz CT molecular complexity index is 528. The summed E-state index contributed by atoms with van der Waals surface area (Å²) < 4.78 is 1.96. The van der Waals surface area contributed by atoms with Gasteiger partial charge in [-0.15, -0.1) is 0 Å². The smallest absolute Gasteiger partial charge is 0.0554 e. The second kappa shape index (κ2) is 5.36. The predicted octanol–water partition coefficient (Wildman–Crippen LogP) is 2.76. The van der Waals surface area contributed by atoms with Gasteiger partial charge in [0.15, 0.2) is 0 Å². The number of hydrogen-bond donors (Lipinski definition) is 1. The van der Waals surface area contributed by atoms with Gasteiger partial charge in [0, 0.05) is 12.7 Å². The van der Waals surface area contributed by atoms with E-state index in [1.807, 2.05) is 16.9 Å². The van der Waals surface area contributed by atoms with E-state index in [1.165, 1.54) is 16.7 Å². The largest absolute Gasteiger partial charge is 0.322 e. The highest BCUT2D eigenvalue weighted by atomic mass is 15.3. The molecule has 1 atom stereocenters. The first-order valence-corrected chi connectivity index (χ1v) is 6.45. The molecule has 1 heterocycles. The Hall–Kier alpha value is -1.61. The lowest BCUT2D eigenvalue weighted by molar-refractivity contribution is 0.568. The summed E-state index contributed by atoms with van der Waals surface area (Å²) in [7, 11) is 0. The predicted molar refractivity (Wildman–Crippen MR) is 74.4 cm³/mol. The Morgan fingerprint density at radius 2 is 2.00 bits per heavy atom. The van der Waals surface area contributed by atoms with Gasteiger partial charge in [0.05, 0.1) is 11.7 Å². The number of benzene rings is 1. The molecule has 96 valence electrons. The molecule has 2 rings (SSSR count). The number of hydrogen-bond acceptors (Lipinski definition) is 2. The molecule has 0 bridgehead atoms. The third-order valence-corrected chi connectivity index (χ3v) is 3.46. The van der Waals surface area contributed by atoms with Gasteiger partial charge >= 0.3 is 0 Å². The van der Waals surface area contributed by atoms with E-state index in [2.05, 4.69) is 44.1 Å². The lowest BCUT2D eigenvalue weighted by Gasteiger charge is -2.14. The van der Waals surface area contributed by atoms with Crippen LogP contribution in [0.3, 0.4) is 0 Å². The van der Waals surface area contributed by atoms with Crippen molar-refractivity contribution in [1.29, 1.82) is 0 Å². The zero-order valence-corrected chi connectivity index (χ0v) is 11.4. The first kappa shape index (κ1) is 12.8. The van der Waals surface area contributed by atoms with Crippen molar-refractivity contribution in [2.45, 2.75) is 39.8 Å². The Morgan fingerprint density at radius 3 is 2.67 bits per heavy atom. The zero-order chi connectivity index (χ0) is 13.1. The molecule has 1 unspecified atom stereocenters. The van der Waals surface area contributed by atoms with Gasteiger partial charge in [-0.2, -0.15) is 5.10 Å². The van der Waals surface area contributed by atoms with Crippen LogP contribution in [0.4, 0.5) is 0 Å². The van der Waals surface area contributed by atoms with Gasteiger partial charge in [-0.05, 0) is 49.9 Å². The summed E-state index contributed by atoms with van der Waals surface area (Å²) in [5.74, 6) is 0. The van der Waals surface area contributed by atoms with E-state index in [0.717, 1.165) is 18.7 Å². The van der Waals surface area contributed by atoms with Crippen LogP contribution in [0, 0.1) is 13.8 Å². The molecule has 0 amide bonds. The molecular formula is C15H21N3. The third-order valence-electron chi connectivity index (χ3n) is 3.46. The van der Waals surface area contributed by atoms with Gasteiger partial charge in [0.1, 0.15) is 0 Å². The second-order valence-corrected chi connectivity index (χ2v) is 4.80. The minimum absolute atomic E-state index is 0.00885. The SMILES string of the molecule is CCn1nccc1C(N)Cc1ccc(C)c(C)c1. The van der Waals surface area contributed by atoms with Gasteiger partial charge in [0.25, 0.3) is 0 Å². The Balaban J connectivity index is 2.16. The lowest BCUT2D eigenvalue weighted by atomic mass is 10.00. The highest BCUT2D eigenvalue weighted by Gasteiger charge is 2.12. The maximum atomic E-state index is 6.28. The van der Waals surface area contributed by atoms with E-state index in [1.54, 1.807) is 0 Å². The zero-order valence-electron chi connectivity index (χ0n) is 11.4. The molecule has 0 saturated heterocycles. The maximum Gasteiger partial charge on any atom is 0.0554 e. The van der Waals surface area contributed by atoms with Gasteiger partial charge < -0.3 is 5.73 Å². The van der Waals surface area contributed by atoms with Crippen molar-refractivity contribution in [3.63, 3.8) is 0 Å². The molecule has 1 aromatic carbocycles. The van der Waals surface area contributed by atoms with Crippen molar-refractivity contribution in [2.75, 3.05) is 0 Å². The van der Waals surface area contributed by atoms with Crippen LogP contribution in [0.1, 0.15) is 35.3 Å². The van der Waals surface area contributed by atoms with Crippen LogP contribution in [0.25, 0.3) is 0 Å². The number of aromatic nitrogens is 2. The molecule has 0 aliphatic carbocycles. The number of nitrogens with two attached hydrogens (primary N) is 1. The fraction of sp³-hybridized carbons (Fsp3) is 0.400. The molecule has 0 fully saturated rings. The first-order valence-electron chi connectivity index (χ1n) is 6.45. The van der Waals surface area contributed by atoms with Crippen molar-refractivity contribution in [1.82, 2.24) is 9.78 Å². The quantitative estimate of drug-likeness (QED) is 0.897. The van der Waals surface area contributed by atoms with Crippen LogP contribution in [-0.4, -0.2) is 9.78 Å². The number of nitrogens with zero attached hydrogens (tertiary/aromatic N) is 2. The van der Waals surface area contributed by atoms with Crippen molar-refractivity contribution in [2.24, 2.45) is 5.73 Å². The van der Waals surface area contributed by atoms with E-state index >= 15 is 0 Å². The van der Waals surface area contributed by atoms with Gasteiger partial charge in [0.2, 0.25) is 0 Å². The highest BCUT2D eigenvalue weighted by Crippen LogP contribution is 2.18. The van der Waals surface area contributed by atoms with Crippen molar-refractivity contribution in [3.05, 3.63) is 52.8 Å². The Kier molecular flexibility index (Phi) is 3.82. The molecule has 0 aliphatic heterocycles. The van der Waals surface area contributed by atoms with Crippen molar-refractivity contribution >= 4 is 0 Å². The third kappa shape index (κ3) is 2.62. The Morgan fingerprint density at radius 1 is 1.22 bits per heavy atom. The average Bonchev–Trinajstić information content (AvgIpc) is 2.82. The van der Waals surface area contributed by atoms with Gasteiger partial charge in [-0.25, -0.2) is 0 Å². The van der Waals surface area contributed by atoms with Gasteiger partial charge in [-0.1, -0.05) is 18.2 Å². The minimum atomic E-state index is 0.00885. The molecule has 1 aromatic heterocycles. The molecule has 3 heteroatoms. The summed E-state index contributed by atoms with van der Waals surface area (Å²) in [6.07, 6.45) is 2.67. The van der Waals surface area contributed by atoms with Crippen LogP contribution in [-0.2, 0) is 13.0 Å². The monoisotopic (exact) mass is 243 g/mol. The molecule has 3 nitrogen and oxygen atoms in total. The molecule has 0 radical (unpaired) electrons. The molecule has 2 aromatic rings. The van der Waals surface area contributed by atoms with Crippen LogP contribution >= 0.6 is 0 Å². The van der Waals surface area contributed by atoms with E-state index in [4.69, 9.17) is 5.73 Å². The lowest BCUT2D eigenvalue weighted by Crippen LogP contribution is -2.18. The molecule has 18 heavy (non-hydrogen) atoms. The summed E-state index contributed by atoms with van der Waals surface area (Å²) in [6, 6.07) is 8.56. The minimum Gasteiger partial charge on any atom is -0.322 e. The molecule has 0 aliphatic rings. The standard InChI is InChI=1S/C15H21N3/c1-4-18-15(7-8-17-18)14(16)10-13-6-5-11(2)12(3)9-13/h5-9,14H,4,10,16H2,1-3H3. The van der Waals surface area contributed by atoms with Crippen molar-refractivity contribution in [3.8, 4) is 0 Å². The van der Waals surface area contributed by atoms with E-state index in [9.17, 15) is 0 Å². The molecular weight excluding hydrogens is 222 g/mol. The first-order chi connectivity index (χ1) is 8.61. The molecule has 0 spiro atoms. The van der Waals surface area contributed by atoms with E-state index < -0.39 is 0 Å². The summed E-state index contributed by atoms with van der Waals surface area (Å²) in [5.41, 5.74) is 11.3. The summed E-state index contributed by atoms with van der Waals surface area (Å²) in [5, 5.41) is 4.27. The van der Waals surface area contributed by atoms with Crippen LogP contribution in [0.5, 0.6) is 0 Å². The van der Waals surface area contributed by atoms with E-state index in [-0.39, 0.29) is 6.04 Å². The fourth-order valence-electron chi connectivity index (χ4n) is 2.21. The van der Waals surface area contributed by atoms with Crippen LogP contribution < -0.4 is 5.73 Å². The number of rotatable bonds is 4. The van der Waals surface area contributed by atoms with Crippen LogP contribution in [0.15, 0.2) is 30.5 Å². The normalized spacial score (nSPS) is 12.7. The summed E-state index contributed by atoms with van der Waals surface area (Å²) in [4.78, 5) is 0. The van der Waals surface area contributed by atoms with Crippen molar-refractivity contribution < 1.29 is 0 Å². The summed E-state index contributed by atoms with van der Waals surface area (Å²) >= 11 is 0. The van der Waals surface area contributed by atoms with Crippen LogP contribution in [0.2, 0.25) is 0 Å². The van der Waals surface area contributed by atoms with E-state index in [0.29, 0.717) is 0 Å². The highest BCUT2D eigenvalue weighted by molar-refractivity contribution is 5.31.